The lowest BCUT2D eigenvalue weighted by molar-refractivity contribution is 0.240. The summed E-state index contributed by atoms with van der Waals surface area (Å²) in [6.07, 6.45) is 3.02. The number of hydrogen-bond acceptors (Lipinski definition) is 4. The quantitative estimate of drug-likeness (QED) is 0.749. The van der Waals surface area contributed by atoms with Gasteiger partial charge >= 0.3 is 0 Å². The number of pyridine rings is 1. The summed E-state index contributed by atoms with van der Waals surface area (Å²) in [5.41, 5.74) is 1.22. The Morgan fingerprint density at radius 3 is 3.00 bits per heavy atom. The molecule has 2 rings (SSSR count). The summed E-state index contributed by atoms with van der Waals surface area (Å²) in [5, 5.41) is 6.77. The molecular weight excluding hydrogens is 212 g/mol. The summed E-state index contributed by atoms with van der Waals surface area (Å²) >= 11 is 0. The molecule has 17 heavy (non-hydrogen) atoms. The van der Waals surface area contributed by atoms with Crippen LogP contribution in [0.15, 0.2) is 18.3 Å². The van der Waals surface area contributed by atoms with Crippen LogP contribution in [0.1, 0.15) is 12.0 Å². The van der Waals surface area contributed by atoms with Crippen molar-refractivity contribution in [3.05, 3.63) is 23.9 Å². The molecule has 1 fully saturated rings. The fourth-order valence-electron chi connectivity index (χ4n) is 2.11. The minimum absolute atomic E-state index is 1.00. The molecule has 0 amide bonds. The molecule has 4 heteroatoms. The molecule has 1 aliphatic heterocycles. The molecule has 0 unspecified atom stereocenters. The summed E-state index contributed by atoms with van der Waals surface area (Å²) in [6, 6.07) is 4.06. The molecule has 0 saturated carbocycles. The van der Waals surface area contributed by atoms with Gasteiger partial charge in [-0.3, -0.25) is 0 Å². The summed E-state index contributed by atoms with van der Waals surface area (Å²) in [7, 11) is 0. The highest BCUT2D eigenvalue weighted by Crippen LogP contribution is 2.08. The molecular formula is C13H22N4. The fourth-order valence-corrected chi connectivity index (χ4v) is 2.11. The third kappa shape index (κ3) is 3.98. The molecule has 4 nitrogen and oxygen atoms in total. The highest BCUT2D eigenvalue weighted by Gasteiger charge is 2.08. The van der Waals surface area contributed by atoms with Gasteiger partial charge in [-0.1, -0.05) is 6.07 Å². The van der Waals surface area contributed by atoms with Crippen molar-refractivity contribution in [3.8, 4) is 0 Å². The summed E-state index contributed by atoms with van der Waals surface area (Å²) in [4.78, 5) is 6.85. The third-order valence-corrected chi connectivity index (χ3v) is 3.16. The van der Waals surface area contributed by atoms with Crippen molar-refractivity contribution < 1.29 is 0 Å². The molecule has 2 heterocycles. The number of hydrogen-bond donors (Lipinski definition) is 2. The lowest BCUT2D eigenvalue weighted by Crippen LogP contribution is -2.44. The van der Waals surface area contributed by atoms with Crippen LogP contribution >= 0.6 is 0 Å². The van der Waals surface area contributed by atoms with Crippen LogP contribution in [-0.4, -0.2) is 49.2 Å². The van der Waals surface area contributed by atoms with Gasteiger partial charge < -0.3 is 15.5 Å². The van der Waals surface area contributed by atoms with Crippen LogP contribution in [-0.2, 0) is 0 Å². The van der Waals surface area contributed by atoms with Crippen LogP contribution in [0.25, 0.3) is 0 Å². The van der Waals surface area contributed by atoms with Crippen molar-refractivity contribution >= 4 is 5.82 Å². The van der Waals surface area contributed by atoms with E-state index in [0.717, 1.165) is 25.5 Å². The second-order valence-corrected chi connectivity index (χ2v) is 4.54. The molecule has 0 radical (unpaired) electrons. The molecule has 1 aromatic heterocycles. The van der Waals surface area contributed by atoms with E-state index in [-0.39, 0.29) is 0 Å². The van der Waals surface area contributed by atoms with Crippen LogP contribution < -0.4 is 10.6 Å². The number of rotatable bonds is 5. The van der Waals surface area contributed by atoms with Gasteiger partial charge in [-0.05, 0) is 31.5 Å². The average molecular weight is 234 g/mol. The number of anilines is 1. The third-order valence-electron chi connectivity index (χ3n) is 3.16. The fraction of sp³-hybridized carbons (Fsp3) is 0.615. The molecule has 0 spiro atoms. The Morgan fingerprint density at radius 2 is 2.24 bits per heavy atom. The van der Waals surface area contributed by atoms with Crippen molar-refractivity contribution in [3.63, 3.8) is 0 Å². The van der Waals surface area contributed by atoms with E-state index in [0.29, 0.717) is 0 Å². The zero-order valence-electron chi connectivity index (χ0n) is 10.6. The zero-order chi connectivity index (χ0) is 11.9. The van der Waals surface area contributed by atoms with E-state index < -0.39 is 0 Å². The first-order valence-electron chi connectivity index (χ1n) is 6.45. The van der Waals surface area contributed by atoms with Crippen LogP contribution in [0.3, 0.4) is 0 Å². The van der Waals surface area contributed by atoms with E-state index in [2.05, 4.69) is 33.5 Å². The van der Waals surface area contributed by atoms with Crippen molar-refractivity contribution in [2.24, 2.45) is 0 Å². The maximum absolute atomic E-state index is 4.33. The molecule has 0 aromatic carbocycles. The van der Waals surface area contributed by atoms with Crippen LogP contribution in [0.5, 0.6) is 0 Å². The first-order chi connectivity index (χ1) is 8.36. The minimum Gasteiger partial charge on any atom is -0.370 e. The van der Waals surface area contributed by atoms with Crippen LogP contribution in [0.4, 0.5) is 5.82 Å². The van der Waals surface area contributed by atoms with Gasteiger partial charge in [0.25, 0.3) is 0 Å². The standard InChI is InChI=1S/C13H22N4/c1-12-4-2-5-15-13(12)16-6-3-9-17-10-7-14-8-11-17/h2,4-5,14H,3,6-11H2,1H3,(H,15,16). The maximum atomic E-state index is 4.33. The normalized spacial score (nSPS) is 17.0. The predicted molar refractivity (Wildman–Crippen MR) is 71.4 cm³/mol. The van der Waals surface area contributed by atoms with Gasteiger partial charge in [0, 0.05) is 38.9 Å². The van der Waals surface area contributed by atoms with E-state index in [1.165, 1.54) is 31.6 Å². The molecule has 1 aromatic rings. The number of aryl methyl sites for hydroxylation is 1. The monoisotopic (exact) mass is 234 g/mol. The highest BCUT2D eigenvalue weighted by molar-refractivity contribution is 5.42. The number of nitrogens with zero attached hydrogens (tertiary/aromatic N) is 2. The second kappa shape index (κ2) is 6.57. The molecule has 2 N–H and O–H groups in total. The van der Waals surface area contributed by atoms with E-state index in [9.17, 15) is 0 Å². The maximum Gasteiger partial charge on any atom is 0.128 e. The van der Waals surface area contributed by atoms with E-state index in [4.69, 9.17) is 0 Å². The lowest BCUT2D eigenvalue weighted by atomic mass is 10.3. The van der Waals surface area contributed by atoms with Crippen LogP contribution in [0, 0.1) is 6.92 Å². The first kappa shape index (κ1) is 12.3. The van der Waals surface area contributed by atoms with Gasteiger partial charge in [-0.25, -0.2) is 4.98 Å². The molecule has 1 saturated heterocycles. The first-order valence-corrected chi connectivity index (χ1v) is 6.45. The summed E-state index contributed by atoms with van der Waals surface area (Å²) in [6.45, 7) is 8.90. The van der Waals surface area contributed by atoms with Crippen LogP contribution in [0.2, 0.25) is 0 Å². The highest BCUT2D eigenvalue weighted by atomic mass is 15.2. The van der Waals surface area contributed by atoms with Gasteiger partial charge in [0.05, 0.1) is 0 Å². The predicted octanol–water partition coefficient (Wildman–Crippen LogP) is 1.10. The Bertz CT molecular complexity index is 334. The summed E-state index contributed by atoms with van der Waals surface area (Å²) < 4.78 is 0. The van der Waals surface area contributed by atoms with Gasteiger partial charge in [-0.15, -0.1) is 0 Å². The smallest absolute Gasteiger partial charge is 0.128 e. The van der Waals surface area contributed by atoms with Crippen molar-refractivity contribution in [2.75, 3.05) is 44.6 Å². The molecule has 1 aliphatic rings. The van der Waals surface area contributed by atoms with Gasteiger partial charge in [0.15, 0.2) is 0 Å². The molecule has 0 atom stereocenters. The van der Waals surface area contributed by atoms with E-state index in [1.807, 2.05) is 12.3 Å². The number of aromatic nitrogens is 1. The Morgan fingerprint density at radius 1 is 1.41 bits per heavy atom. The van der Waals surface area contributed by atoms with Crippen molar-refractivity contribution in [1.29, 1.82) is 0 Å². The molecule has 94 valence electrons. The van der Waals surface area contributed by atoms with Gasteiger partial charge in [-0.2, -0.15) is 0 Å². The Balaban J connectivity index is 1.64. The molecule has 0 bridgehead atoms. The largest absolute Gasteiger partial charge is 0.370 e. The lowest BCUT2D eigenvalue weighted by Gasteiger charge is -2.27. The minimum atomic E-state index is 1.00. The second-order valence-electron chi connectivity index (χ2n) is 4.54. The SMILES string of the molecule is Cc1cccnc1NCCCN1CCNCC1. The molecule has 0 aliphatic carbocycles. The topological polar surface area (TPSA) is 40.2 Å². The number of piperazine rings is 1. The number of nitrogens with one attached hydrogen (secondary N) is 2. The Kier molecular flexibility index (Phi) is 4.76. The Labute approximate surface area is 103 Å². The van der Waals surface area contributed by atoms with Crippen molar-refractivity contribution in [2.45, 2.75) is 13.3 Å². The average Bonchev–Trinajstić information content (AvgIpc) is 2.38. The Hall–Kier alpha value is -1.13. The summed E-state index contributed by atoms with van der Waals surface area (Å²) in [5.74, 6) is 1.02. The zero-order valence-corrected chi connectivity index (χ0v) is 10.6. The van der Waals surface area contributed by atoms with Gasteiger partial charge in [0.2, 0.25) is 0 Å². The van der Waals surface area contributed by atoms with Gasteiger partial charge in [0.1, 0.15) is 5.82 Å². The van der Waals surface area contributed by atoms with E-state index >= 15 is 0 Å². The van der Waals surface area contributed by atoms with E-state index in [1.54, 1.807) is 0 Å². The van der Waals surface area contributed by atoms with Crippen molar-refractivity contribution in [1.82, 2.24) is 15.2 Å².